The molecule has 0 bridgehead atoms. The summed E-state index contributed by atoms with van der Waals surface area (Å²) >= 11 is 1.96. The zero-order valence-electron chi connectivity index (χ0n) is 76.0. The monoisotopic (exact) mass is 2180 g/mol. The Balaban J connectivity index is 0.000000214. The SMILES string of the molecule is COc1cc(CO)c([N+](=O)[O-])cc1OC.CP(C)(=O)OC1CC[C@@H](COP(=O)(OCc2ccccc2)OCc2ccccc2)O1.O=P(O)(O)OC1CC[C@@H](COP(=O)(OCc2ccccc2)OCc2ccccc2)O1.O=P(O)(O)OP(=O)(O)OC1CC[C@@H](COP(=O)(OCc2ccccc2)OCc2ccccc2)O1.O=P(OCc1ccccc1)(OCc1ccccc1)OC[C@@H]1CCC(O)O1.[2H]CI. The van der Waals surface area contributed by atoms with Gasteiger partial charge in [0, 0.05) is 40.4 Å². The van der Waals surface area contributed by atoms with Gasteiger partial charge in [-0.3, -0.25) is 82.5 Å². The van der Waals surface area contributed by atoms with Crippen molar-refractivity contribution in [3.8, 4) is 11.5 Å². The van der Waals surface area contributed by atoms with E-state index < -0.39 is 111 Å². The van der Waals surface area contributed by atoms with Gasteiger partial charge in [-0.15, -0.1) is 0 Å². The summed E-state index contributed by atoms with van der Waals surface area (Å²) in [7, 11) is -30.4. The maximum Gasteiger partial charge on any atom is 0.483 e. The number of nitro benzene ring substituents is 1. The van der Waals surface area contributed by atoms with Crippen LogP contribution in [0.4, 0.5) is 5.69 Å². The topological polar surface area (TPSA) is 524 Å². The molecule has 13 rings (SSSR count). The highest BCUT2D eigenvalue weighted by Gasteiger charge is 2.42. The summed E-state index contributed by atoms with van der Waals surface area (Å²) in [4.78, 5) is 55.1. The van der Waals surface area contributed by atoms with Crippen molar-refractivity contribution in [1.29, 1.82) is 0 Å². The maximum absolute atomic E-state index is 13.2. The number of nitrogens with zero attached hydrogens (tertiary/aromatic N) is 1. The Morgan fingerprint density at radius 2 is 0.606 bits per heavy atom. The molecule has 9 atom stereocenters. The maximum atomic E-state index is 13.2. The van der Waals surface area contributed by atoms with Crippen LogP contribution in [0.15, 0.2) is 255 Å². The fraction of sp³-hybridized carbons (Fsp3) is 0.386. The van der Waals surface area contributed by atoms with Gasteiger partial charge in [-0.25, -0.2) is 32.0 Å². The van der Waals surface area contributed by atoms with E-state index in [0.29, 0.717) is 42.8 Å². The third-order valence-electron chi connectivity index (χ3n) is 18.9. The second kappa shape index (κ2) is 59.5. The van der Waals surface area contributed by atoms with E-state index >= 15 is 0 Å². The first-order valence-corrected chi connectivity index (χ1v) is 56.6. The highest BCUT2D eigenvalue weighted by molar-refractivity contribution is 14.1. The Morgan fingerprint density at radius 3 is 0.825 bits per heavy atom. The molecule has 4 aliphatic heterocycles. The molecule has 0 saturated carbocycles. The molecular weight excluding hydrogens is 2070 g/mol. The molecule has 4 heterocycles. The van der Waals surface area contributed by atoms with Crippen LogP contribution in [0.1, 0.15) is 103 Å². The lowest BCUT2D eigenvalue weighted by Crippen LogP contribution is -2.18. The van der Waals surface area contributed by atoms with E-state index in [1.807, 2.05) is 217 Å². The van der Waals surface area contributed by atoms with Crippen LogP contribution in [0, 0.1) is 10.1 Å². The number of benzene rings is 9. The minimum atomic E-state index is -5.25. The Bertz CT molecular complexity index is 5080. The largest absolute Gasteiger partial charge is 0.493 e. The summed E-state index contributed by atoms with van der Waals surface area (Å²) in [5.41, 5.74) is 6.57. The minimum absolute atomic E-state index is 0.0262. The quantitative estimate of drug-likeness (QED) is 0.00612. The van der Waals surface area contributed by atoms with Crippen LogP contribution < -0.4 is 9.47 Å². The molecule has 5 unspecified atom stereocenters. The Hall–Kier alpha value is -6.53. The van der Waals surface area contributed by atoms with Crippen molar-refractivity contribution in [2.75, 3.05) is 58.9 Å². The highest BCUT2D eigenvalue weighted by Crippen LogP contribution is 2.60. The van der Waals surface area contributed by atoms with E-state index in [-0.39, 0.29) is 128 Å². The number of ether oxygens (including phenoxy) is 6. The molecule has 0 aromatic heterocycles. The van der Waals surface area contributed by atoms with Gasteiger partial charge in [-0.1, -0.05) is 265 Å². The van der Waals surface area contributed by atoms with Gasteiger partial charge < -0.3 is 63.1 Å². The van der Waals surface area contributed by atoms with Crippen molar-refractivity contribution < 1.29 is 178 Å². The summed E-state index contributed by atoms with van der Waals surface area (Å²) in [5.74, 6) is 0.619. The molecule has 40 nitrogen and oxygen atoms in total. The van der Waals surface area contributed by atoms with E-state index in [4.69, 9.17) is 113 Å². The third kappa shape index (κ3) is 46.6. The normalized spacial score (nSPS) is 18.9. The van der Waals surface area contributed by atoms with Gasteiger partial charge in [-0.05, 0) is 81.2 Å². The molecule has 752 valence electrons. The first-order chi connectivity index (χ1) is 65.8. The molecule has 0 spiro atoms. The van der Waals surface area contributed by atoms with Gasteiger partial charge in [0.2, 0.25) is 0 Å². The van der Waals surface area contributed by atoms with Gasteiger partial charge >= 0.3 is 54.8 Å². The van der Waals surface area contributed by atoms with E-state index in [2.05, 4.69) is 13.4 Å². The van der Waals surface area contributed by atoms with Crippen LogP contribution in [0.3, 0.4) is 0 Å². The zero-order chi connectivity index (χ0) is 99.9. The molecule has 9 aromatic carbocycles. The van der Waals surface area contributed by atoms with Gasteiger partial charge in [-0.2, -0.15) is 4.31 Å². The lowest BCUT2D eigenvalue weighted by molar-refractivity contribution is -0.385. The lowest BCUT2D eigenvalue weighted by Gasteiger charge is -2.21. The predicted octanol–water partition coefficient (Wildman–Crippen LogP) is 20.2. The highest BCUT2D eigenvalue weighted by atomic mass is 127. The van der Waals surface area contributed by atoms with Crippen LogP contribution in [-0.4, -0.2) is 148 Å². The fourth-order valence-electron chi connectivity index (χ4n) is 12.3. The number of hydrogen-bond acceptors (Lipinski definition) is 34. The number of aliphatic hydroxyl groups excluding tert-OH is 2. The number of phosphoric acid groups is 7. The van der Waals surface area contributed by atoms with Crippen LogP contribution in [0.25, 0.3) is 0 Å². The van der Waals surface area contributed by atoms with Crippen LogP contribution in [0.5, 0.6) is 11.5 Å². The fourth-order valence-corrected chi connectivity index (χ4v) is 20.0. The number of nitro groups is 1. The lowest BCUT2D eigenvalue weighted by atomic mass is 10.1. The van der Waals surface area contributed by atoms with E-state index in [0.717, 1.165) is 44.5 Å². The summed E-state index contributed by atoms with van der Waals surface area (Å²) in [5, 5.41) is 29.0. The number of halogens is 1. The smallest absolute Gasteiger partial charge is 0.483 e. The van der Waals surface area contributed by atoms with Gasteiger partial charge in [0.15, 0.2) is 44.0 Å². The van der Waals surface area contributed by atoms with Crippen LogP contribution in [0.2, 0.25) is 0 Å². The number of rotatable bonds is 48. The summed E-state index contributed by atoms with van der Waals surface area (Å²) < 4.78 is 220. The molecule has 137 heavy (non-hydrogen) atoms. The molecule has 9 aromatic rings. The van der Waals surface area contributed by atoms with Crippen molar-refractivity contribution in [2.24, 2.45) is 0 Å². The number of methoxy groups -OCH3 is 2. The molecule has 0 amide bonds. The molecule has 0 radical (unpaired) electrons. The summed E-state index contributed by atoms with van der Waals surface area (Å²) in [6.45, 7) is 2.76. The van der Waals surface area contributed by atoms with E-state index in [9.17, 15) is 56.6 Å². The van der Waals surface area contributed by atoms with Crippen molar-refractivity contribution in [1.82, 2.24) is 0 Å². The van der Waals surface area contributed by atoms with Crippen LogP contribution in [-0.2, 0) is 187 Å². The molecular formula is C88H114INO39P8. The van der Waals surface area contributed by atoms with E-state index in [1.54, 1.807) is 61.9 Å². The van der Waals surface area contributed by atoms with Crippen LogP contribution >= 0.6 is 84.7 Å². The van der Waals surface area contributed by atoms with Crippen molar-refractivity contribution in [2.45, 2.75) is 160 Å². The van der Waals surface area contributed by atoms with Crippen molar-refractivity contribution >= 4 is 90.4 Å². The summed E-state index contributed by atoms with van der Waals surface area (Å²) in [6.07, 6.45) is -2.12. The van der Waals surface area contributed by atoms with E-state index in [1.165, 1.54) is 26.4 Å². The molecule has 7 N–H and O–H groups in total. The third-order valence-corrected chi connectivity index (χ3v) is 27.7. The number of aliphatic hydroxyl groups is 2. The number of hydrogen-bond donors (Lipinski definition) is 7. The number of alkyl halides is 1. The summed E-state index contributed by atoms with van der Waals surface area (Å²) in [6, 6.07) is 76.6. The number of phosphoric ester groups is 6. The Morgan fingerprint density at radius 1 is 0.365 bits per heavy atom. The minimum Gasteiger partial charge on any atom is -0.493 e. The first-order valence-electron chi connectivity index (χ1n) is 42.9. The molecule has 4 saturated heterocycles. The Labute approximate surface area is 809 Å². The molecule has 0 aliphatic carbocycles. The second-order valence-corrected chi connectivity index (χ2v) is 43.3. The van der Waals surface area contributed by atoms with Gasteiger partial charge in [0.1, 0.15) is 0 Å². The standard InChI is InChI=1S/C21H28O7P2.C19H25O12P3.C19H24O9P2.C19H23O6P.C9H11NO5.CH3I/c1-29(2,22)28-21-14-13-20(27-21)17-26-30(23,24-15-18-9-5-3-6-10-18)25-16-19-11-7-4-8-12-19;20-32(21,22)31-33(23,24)30-19-12-11-18(29-19)15-28-34(25,26-13-16-7-3-1-4-8-16)27-14-17-9-5-2-6-10-17;20-29(21,22)28-19-12-11-18(27-19)15-26-30(23,24-13-16-7-3-1-4-8-16)25-14-17-9-5-2-6-10-17;20-19-12-11-18(25-19)15-24-26(21,22-13-16-7-3-1-4-8-16)23-14-17-9-5-2-6-10-17;1-14-8-3-6(5-11)7(10(12)13)4-9(8)15-2;1-2/h3-12,20-21H,13-17H2,1-2H3;1-10,18-19H,11-15H2,(H,23,24)(H2,20,21,22);1-10,18-19H,11-15H2,(H2,20,21,22);1-10,18-20H,11-15H2;3-4,11H,5H2,1-2H3;1H3/t20-,21?;3*18-,19?;;/m0000../s1/i;;;;;1D. The second-order valence-electron chi connectivity index (χ2n) is 30.0. The molecule has 4 fully saturated rings. The molecule has 4 aliphatic rings. The predicted molar refractivity (Wildman–Crippen MR) is 508 cm³/mol. The average Bonchev–Trinajstić information content (AvgIpc) is 1.22. The zero-order valence-corrected chi connectivity index (χ0v) is 84.3. The Kier molecular flexibility index (Phi) is 49.6. The van der Waals surface area contributed by atoms with Crippen molar-refractivity contribution in [3.63, 3.8) is 0 Å². The molecule has 49 heteroatoms. The average molecular weight is 2190 g/mol. The van der Waals surface area contributed by atoms with Crippen molar-refractivity contribution in [3.05, 3.63) is 315 Å². The van der Waals surface area contributed by atoms with Gasteiger partial charge in [0.25, 0.3) is 5.69 Å². The first kappa shape index (κ1) is 114. The van der Waals surface area contributed by atoms with Gasteiger partial charge in [0.05, 0.1) is 141 Å².